The summed E-state index contributed by atoms with van der Waals surface area (Å²) in [6.07, 6.45) is 4.17. The van der Waals surface area contributed by atoms with Crippen LogP contribution in [0.15, 0.2) is 54.9 Å². The number of aromatic nitrogens is 2. The number of hydrogen-bond donors (Lipinski definition) is 1. The second-order valence-electron chi connectivity index (χ2n) is 6.26. The van der Waals surface area contributed by atoms with Gasteiger partial charge in [0, 0.05) is 35.6 Å². The molecular formula is C20H18FN3O2. The fraction of sp³-hybridized carbons (Fsp3) is 0.200. The highest BCUT2D eigenvalue weighted by Crippen LogP contribution is 2.37. The number of nitrogens with one attached hydrogen (secondary N) is 1. The third-order valence-corrected chi connectivity index (χ3v) is 4.76. The Morgan fingerprint density at radius 1 is 1.27 bits per heavy atom. The number of anilines is 1. The van der Waals surface area contributed by atoms with Crippen molar-refractivity contribution in [2.45, 2.75) is 12.3 Å². The minimum atomic E-state index is -0.320. The lowest BCUT2D eigenvalue weighted by Gasteiger charge is -2.19. The lowest BCUT2D eigenvalue weighted by Crippen LogP contribution is -2.26. The number of methoxy groups -OCH3 is 1. The maximum Gasteiger partial charge on any atom is 0.234 e. The van der Waals surface area contributed by atoms with Crippen molar-refractivity contribution in [1.29, 1.82) is 0 Å². The number of hydrogen-bond acceptors (Lipinski definition) is 3. The zero-order valence-corrected chi connectivity index (χ0v) is 14.3. The standard InChI is InChI=1S/C20H18FN3O2/c1-26-19-10-16(5-6-17(19)14-11-22-23-12-14)24-8-7-18(20(24)25)13-3-2-4-15(21)9-13/h2-6,9-12,18H,7-8H2,1H3,(H,22,23). The Kier molecular flexibility index (Phi) is 4.16. The number of carbonyl (C=O) groups excluding carboxylic acids is 1. The molecule has 1 aliphatic heterocycles. The SMILES string of the molecule is COc1cc(N2CCC(c3cccc(F)c3)C2=O)ccc1-c1cn[nH]c1. The number of aromatic amines is 1. The summed E-state index contributed by atoms with van der Waals surface area (Å²) in [6.45, 7) is 0.591. The quantitative estimate of drug-likeness (QED) is 0.779. The van der Waals surface area contributed by atoms with E-state index in [4.69, 9.17) is 4.74 Å². The molecule has 0 bridgehead atoms. The number of halogens is 1. The van der Waals surface area contributed by atoms with Crippen molar-refractivity contribution in [3.8, 4) is 16.9 Å². The Labute approximate surface area is 150 Å². The number of benzene rings is 2. The molecular weight excluding hydrogens is 333 g/mol. The van der Waals surface area contributed by atoms with E-state index in [1.807, 2.05) is 18.2 Å². The summed E-state index contributed by atoms with van der Waals surface area (Å²) >= 11 is 0. The van der Waals surface area contributed by atoms with E-state index >= 15 is 0 Å². The maximum atomic E-state index is 13.5. The number of nitrogens with zero attached hydrogens (tertiary/aromatic N) is 2. The van der Waals surface area contributed by atoms with E-state index in [0.29, 0.717) is 18.7 Å². The fourth-order valence-corrected chi connectivity index (χ4v) is 3.45. The largest absolute Gasteiger partial charge is 0.496 e. The fourth-order valence-electron chi connectivity index (χ4n) is 3.45. The molecule has 0 spiro atoms. The Balaban J connectivity index is 1.63. The predicted octanol–water partition coefficient (Wildman–Crippen LogP) is 3.74. The van der Waals surface area contributed by atoms with Crippen LogP contribution >= 0.6 is 0 Å². The predicted molar refractivity (Wildman–Crippen MR) is 96.7 cm³/mol. The molecule has 0 saturated carbocycles. The third kappa shape index (κ3) is 2.83. The van der Waals surface area contributed by atoms with Crippen LogP contribution in [0, 0.1) is 5.82 Å². The van der Waals surface area contributed by atoms with Crippen molar-refractivity contribution in [2.24, 2.45) is 0 Å². The average Bonchev–Trinajstić information content (AvgIpc) is 3.31. The first-order valence-corrected chi connectivity index (χ1v) is 8.41. The summed E-state index contributed by atoms with van der Waals surface area (Å²) in [7, 11) is 1.60. The van der Waals surface area contributed by atoms with Crippen LogP contribution in [0.3, 0.4) is 0 Å². The molecule has 1 amide bonds. The van der Waals surface area contributed by atoms with Crippen LogP contribution in [0.2, 0.25) is 0 Å². The molecule has 3 aromatic rings. The van der Waals surface area contributed by atoms with Crippen LogP contribution in [0.5, 0.6) is 5.75 Å². The Bertz CT molecular complexity index is 940. The normalized spacial score (nSPS) is 16.9. The number of carbonyl (C=O) groups is 1. The average molecular weight is 351 g/mol. The van der Waals surface area contributed by atoms with Crippen molar-refractivity contribution >= 4 is 11.6 Å². The highest BCUT2D eigenvalue weighted by Gasteiger charge is 2.34. The van der Waals surface area contributed by atoms with Crippen molar-refractivity contribution in [3.05, 3.63) is 66.2 Å². The van der Waals surface area contributed by atoms with Gasteiger partial charge >= 0.3 is 0 Å². The van der Waals surface area contributed by atoms with Gasteiger partial charge in [0.1, 0.15) is 11.6 Å². The van der Waals surface area contributed by atoms with E-state index in [2.05, 4.69) is 10.2 Å². The molecule has 0 aliphatic carbocycles. The summed E-state index contributed by atoms with van der Waals surface area (Å²) in [5.41, 5.74) is 3.31. The molecule has 2 aromatic carbocycles. The molecule has 6 heteroatoms. The molecule has 4 rings (SSSR count). The lowest BCUT2D eigenvalue weighted by molar-refractivity contribution is -0.118. The number of amides is 1. The Morgan fingerprint density at radius 2 is 2.15 bits per heavy atom. The first kappa shape index (κ1) is 16.3. The second kappa shape index (κ2) is 6.63. The van der Waals surface area contributed by atoms with Crippen LogP contribution in [-0.2, 0) is 4.79 Å². The van der Waals surface area contributed by atoms with E-state index in [-0.39, 0.29) is 17.6 Å². The van der Waals surface area contributed by atoms with Gasteiger partial charge in [-0.15, -0.1) is 0 Å². The van der Waals surface area contributed by atoms with Crippen LogP contribution in [0.1, 0.15) is 17.9 Å². The molecule has 132 valence electrons. The van der Waals surface area contributed by atoms with E-state index < -0.39 is 0 Å². The molecule has 26 heavy (non-hydrogen) atoms. The van der Waals surface area contributed by atoms with Gasteiger partial charge in [0.2, 0.25) is 5.91 Å². The molecule has 1 unspecified atom stereocenters. The summed E-state index contributed by atoms with van der Waals surface area (Å²) in [6, 6.07) is 11.9. The number of ether oxygens (including phenoxy) is 1. The highest BCUT2D eigenvalue weighted by atomic mass is 19.1. The van der Waals surface area contributed by atoms with Gasteiger partial charge in [0.05, 0.1) is 19.2 Å². The van der Waals surface area contributed by atoms with Gasteiger partial charge in [-0.1, -0.05) is 12.1 Å². The van der Waals surface area contributed by atoms with Gasteiger partial charge in [-0.2, -0.15) is 5.10 Å². The molecule has 0 radical (unpaired) electrons. The first-order valence-electron chi connectivity index (χ1n) is 8.41. The molecule has 5 nitrogen and oxygen atoms in total. The van der Waals surface area contributed by atoms with Gasteiger partial charge in [0.15, 0.2) is 0 Å². The Morgan fingerprint density at radius 3 is 2.88 bits per heavy atom. The van der Waals surface area contributed by atoms with Gasteiger partial charge in [0.25, 0.3) is 0 Å². The van der Waals surface area contributed by atoms with E-state index in [1.165, 1.54) is 12.1 Å². The molecule has 1 N–H and O–H groups in total. The maximum absolute atomic E-state index is 13.5. The molecule has 1 atom stereocenters. The summed E-state index contributed by atoms with van der Waals surface area (Å²) in [4.78, 5) is 14.6. The molecule has 2 heterocycles. The zero-order valence-electron chi connectivity index (χ0n) is 14.3. The van der Waals surface area contributed by atoms with Gasteiger partial charge < -0.3 is 9.64 Å². The van der Waals surface area contributed by atoms with Crippen LogP contribution in [0.25, 0.3) is 11.1 Å². The molecule has 1 aliphatic rings. The minimum Gasteiger partial charge on any atom is -0.496 e. The number of H-pyrrole nitrogens is 1. The zero-order chi connectivity index (χ0) is 18.1. The van der Waals surface area contributed by atoms with Crippen LogP contribution in [-0.4, -0.2) is 29.8 Å². The van der Waals surface area contributed by atoms with Crippen molar-refractivity contribution in [1.82, 2.24) is 10.2 Å². The summed E-state index contributed by atoms with van der Waals surface area (Å²) in [5, 5.41) is 6.74. The van der Waals surface area contributed by atoms with Crippen LogP contribution < -0.4 is 9.64 Å². The summed E-state index contributed by atoms with van der Waals surface area (Å²) < 4.78 is 19.0. The highest BCUT2D eigenvalue weighted by molar-refractivity contribution is 6.00. The molecule has 1 fully saturated rings. The summed E-state index contributed by atoms with van der Waals surface area (Å²) in [5.74, 6) is 0.0183. The van der Waals surface area contributed by atoms with Gasteiger partial charge in [-0.25, -0.2) is 4.39 Å². The van der Waals surface area contributed by atoms with Crippen LogP contribution in [0.4, 0.5) is 10.1 Å². The van der Waals surface area contributed by atoms with E-state index in [1.54, 1.807) is 36.5 Å². The van der Waals surface area contributed by atoms with Crippen molar-refractivity contribution in [3.63, 3.8) is 0 Å². The van der Waals surface area contributed by atoms with E-state index in [9.17, 15) is 9.18 Å². The monoisotopic (exact) mass is 351 g/mol. The minimum absolute atomic E-state index is 0.0197. The third-order valence-electron chi connectivity index (χ3n) is 4.76. The van der Waals surface area contributed by atoms with E-state index in [0.717, 1.165) is 22.4 Å². The Hall–Kier alpha value is -3.15. The lowest BCUT2D eigenvalue weighted by atomic mass is 9.98. The molecule has 1 aromatic heterocycles. The van der Waals surface area contributed by atoms with Crippen molar-refractivity contribution in [2.75, 3.05) is 18.6 Å². The van der Waals surface area contributed by atoms with Gasteiger partial charge in [-0.3, -0.25) is 9.89 Å². The number of rotatable bonds is 4. The van der Waals surface area contributed by atoms with Gasteiger partial charge in [-0.05, 0) is 36.2 Å². The second-order valence-corrected chi connectivity index (χ2v) is 6.26. The first-order chi connectivity index (χ1) is 12.7. The van der Waals surface area contributed by atoms with Crippen molar-refractivity contribution < 1.29 is 13.9 Å². The topological polar surface area (TPSA) is 58.2 Å². The smallest absolute Gasteiger partial charge is 0.234 e. The molecule has 1 saturated heterocycles.